The lowest BCUT2D eigenvalue weighted by molar-refractivity contribution is 0.625. The van der Waals surface area contributed by atoms with E-state index in [1.165, 1.54) is 0 Å². The number of rotatable bonds is 4. The minimum Gasteiger partial charge on any atom is -0.327 e. The lowest BCUT2D eigenvalue weighted by Gasteiger charge is -2.03. The van der Waals surface area contributed by atoms with E-state index in [1.807, 2.05) is 0 Å². The quantitative estimate of drug-likeness (QED) is 0.735. The topological polar surface area (TPSA) is 67.6 Å². The number of aromatic amines is 1. The smallest absolute Gasteiger partial charge is 0.153 e. The molecule has 0 bridgehead atoms. The van der Waals surface area contributed by atoms with E-state index in [4.69, 9.17) is 5.73 Å². The van der Waals surface area contributed by atoms with Gasteiger partial charge in [0.25, 0.3) is 0 Å². The molecule has 1 atom stereocenters. The number of H-pyrrole nitrogens is 1. The van der Waals surface area contributed by atoms with Gasteiger partial charge in [0.05, 0.1) is 0 Å². The molecule has 1 rings (SSSR count). The second-order valence-electron chi connectivity index (χ2n) is 3.67. The van der Waals surface area contributed by atoms with Crippen molar-refractivity contribution in [3.63, 3.8) is 0 Å². The Morgan fingerprint density at radius 2 is 2.15 bits per heavy atom. The van der Waals surface area contributed by atoms with Gasteiger partial charge in [0.1, 0.15) is 5.82 Å². The summed E-state index contributed by atoms with van der Waals surface area (Å²) in [6.45, 7) is 6.23. The van der Waals surface area contributed by atoms with Gasteiger partial charge in [0.15, 0.2) is 5.82 Å². The Morgan fingerprint density at radius 3 is 2.62 bits per heavy atom. The highest BCUT2D eigenvalue weighted by Gasteiger charge is 2.08. The molecule has 4 heteroatoms. The third kappa shape index (κ3) is 2.81. The van der Waals surface area contributed by atoms with Gasteiger partial charge < -0.3 is 5.73 Å². The predicted octanol–water partition coefficient (Wildman–Crippen LogP) is 1.21. The van der Waals surface area contributed by atoms with Crippen molar-refractivity contribution < 1.29 is 0 Å². The summed E-state index contributed by atoms with van der Waals surface area (Å²) in [5, 5.41) is 7.02. The van der Waals surface area contributed by atoms with Crippen molar-refractivity contribution in [2.45, 2.75) is 45.6 Å². The third-order valence-corrected chi connectivity index (χ3v) is 2.05. The van der Waals surface area contributed by atoms with E-state index in [-0.39, 0.29) is 6.04 Å². The Balaban J connectivity index is 2.58. The molecule has 0 amide bonds. The fourth-order valence-corrected chi connectivity index (χ4v) is 1.05. The summed E-state index contributed by atoms with van der Waals surface area (Å²) in [5.41, 5.74) is 5.80. The van der Waals surface area contributed by atoms with E-state index < -0.39 is 0 Å². The van der Waals surface area contributed by atoms with Crippen molar-refractivity contribution in [2.24, 2.45) is 5.73 Å². The first-order valence-electron chi connectivity index (χ1n) is 4.80. The Bertz CT molecular complexity index is 254. The average molecular weight is 182 g/mol. The highest BCUT2D eigenvalue weighted by Crippen LogP contribution is 2.08. The Morgan fingerprint density at radius 1 is 1.46 bits per heavy atom. The van der Waals surface area contributed by atoms with E-state index in [0.29, 0.717) is 5.92 Å². The monoisotopic (exact) mass is 182 g/mol. The number of aromatic nitrogens is 3. The van der Waals surface area contributed by atoms with E-state index in [9.17, 15) is 0 Å². The molecule has 3 N–H and O–H groups in total. The summed E-state index contributed by atoms with van der Waals surface area (Å²) in [6.07, 6.45) is 1.76. The van der Waals surface area contributed by atoms with Crippen LogP contribution in [0.1, 0.15) is 44.8 Å². The van der Waals surface area contributed by atoms with Gasteiger partial charge in [0.2, 0.25) is 0 Å². The zero-order valence-corrected chi connectivity index (χ0v) is 8.54. The van der Waals surface area contributed by atoms with Gasteiger partial charge in [-0.15, -0.1) is 0 Å². The number of nitrogens with two attached hydrogens (primary N) is 1. The predicted molar refractivity (Wildman–Crippen MR) is 52.4 cm³/mol. The summed E-state index contributed by atoms with van der Waals surface area (Å²) in [4.78, 5) is 4.35. The average Bonchev–Trinajstić information content (AvgIpc) is 2.52. The van der Waals surface area contributed by atoms with Crippen LogP contribution in [0.25, 0.3) is 0 Å². The molecule has 13 heavy (non-hydrogen) atoms. The van der Waals surface area contributed by atoms with E-state index in [1.54, 1.807) is 0 Å². The number of hydrogen-bond donors (Lipinski definition) is 2. The molecule has 0 spiro atoms. The maximum Gasteiger partial charge on any atom is 0.153 e. The molecule has 1 aromatic rings. The molecule has 0 aromatic carbocycles. The van der Waals surface area contributed by atoms with Gasteiger partial charge in [-0.25, -0.2) is 4.98 Å². The van der Waals surface area contributed by atoms with Gasteiger partial charge in [0, 0.05) is 18.4 Å². The van der Waals surface area contributed by atoms with Crippen LogP contribution in [0.2, 0.25) is 0 Å². The van der Waals surface area contributed by atoms with Crippen LogP contribution in [0, 0.1) is 0 Å². The molecule has 0 aliphatic rings. The van der Waals surface area contributed by atoms with Gasteiger partial charge in [-0.3, -0.25) is 5.10 Å². The van der Waals surface area contributed by atoms with E-state index in [2.05, 4.69) is 36.0 Å². The molecule has 1 heterocycles. The van der Waals surface area contributed by atoms with Crippen LogP contribution in [0.3, 0.4) is 0 Å². The molecule has 0 aliphatic heterocycles. The molecule has 0 saturated heterocycles. The molecule has 0 aliphatic carbocycles. The van der Waals surface area contributed by atoms with Crippen molar-refractivity contribution in [3.8, 4) is 0 Å². The van der Waals surface area contributed by atoms with Gasteiger partial charge in [-0.05, 0) is 6.42 Å². The number of nitrogens with zero attached hydrogens (tertiary/aromatic N) is 2. The van der Waals surface area contributed by atoms with Crippen molar-refractivity contribution >= 4 is 0 Å². The first kappa shape index (κ1) is 10.2. The molecule has 0 saturated carbocycles. The number of hydrogen-bond acceptors (Lipinski definition) is 3. The first-order chi connectivity index (χ1) is 6.13. The van der Waals surface area contributed by atoms with Gasteiger partial charge in [-0.2, -0.15) is 5.10 Å². The van der Waals surface area contributed by atoms with Crippen LogP contribution in [-0.4, -0.2) is 21.2 Å². The third-order valence-electron chi connectivity index (χ3n) is 2.05. The summed E-state index contributed by atoms with van der Waals surface area (Å²) in [7, 11) is 0. The summed E-state index contributed by atoms with van der Waals surface area (Å²) < 4.78 is 0. The van der Waals surface area contributed by atoms with Crippen molar-refractivity contribution in [1.29, 1.82) is 0 Å². The molecule has 4 nitrogen and oxygen atoms in total. The highest BCUT2D eigenvalue weighted by molar-refractivity contribution is 4.96. The molecule has 0 radical (unpaired) electrons. The first-order valence-corrected chi connectivity index (χ1v) is 4.80. The molecule has 1 aromatic heterocycles. The Hall–Kier alpha value is -0.900. The largest absolute Gasteiger partial charge is 0.327 e. The zero-order valence-electron chi connectivity index (χ0n) is 8.54. The maximum atomic E-state index is 5.80. The highest BCUT2D eigenvalue weighted by atomic mass is 15.2. The second kappa shape index (κ2) is 4.37. The van der Waals surface area contributed by atoms with Crippen molar-refractivity contribution in [3.05, 3.63) is 11.6 Å². The van der Waals surface area contributed by atoms with Crippen LogP contribution < -0.4 is 5.73 Å². The van der Waals surface area contributed by atoms with Gasteiger partial charge in [-0.1, -0.05) is 20.8 Å². The molecule has 1 unspecified atom stereocenters. The van der Waals surface area contributed by atoms with Crippen LogP contribution in [0.4, 0.5) is 0 Å². The summed E-state index contributed by atoms with van der Waals surface area (Å²) in [5.74, 6) is 2.15. The van der Waals surface area contributed by atoms with Crippen molar-refractivity contribution in [2.75, 3.05) is 0 Å². The molecular weight excluding hydrogens is 164 g/mol. The fraction of sp³-hybridized carbons (Fsp3) is 0.778. The Labute approximate surface area is 78.9 Å². The Kier molecular flexibility index (Phi) is 3.42. The lowest BCUT2D eigenvalue weighted by Crippen LogP contribution is -2.22. The maximum absolute atomic E-state index is 5.80. The summed E-state index contributed by atoms with van der Waals surface area (Å²) >= 11 is 0. The fourth-order valence-electron chi connectivity index (χ4n) is 1.05. The van der Waals surface area contributed by atoms with Crippen molar-refractivity contribution in [1.82, 2.24) is 15.2 Å². The molecule has 0 fully saturated rings. The van der Waals surface area contributed by atoms with Crippen LogP contribution in [0.15, 0.2) is 0 Å². The number of nitrogens with one attached hydrogen (secondary N) is 1. The van der Waals surface area contributed by atoms with Crippen LogP contribution in [-0.2, 0) is 6.42 Å². The lowest BCUT2D eigenvalue weighted by atomic mass is 10.1. The van der Waals surface area contributed by atoms with E-state index >= 15 is 0 Å². The second-order valence-corrected chi connectivity index (χ2v) is 3.67. The molecule has 74 valence electrons. The SMILES string of the molecule is CCC(N)Cc1nc(C(C)C)n[nH]1. The zero-order chi connectivity index (χ0) is 9.84. The standard InChI is InChI=1S/C9H18N4/c1-4-7(10)5-8-11-9(6(2)3)13-12-8/h6-7H,4-5,10H2,1-3H3,(H,11,12,13). The van der Waals surface area contributed by atoms with Crippen LogP contribution >= 0.6 is 0 Å². The van der Waals surface area contributed by atoms with E-state index in [0.717, 1.165) is 24.5 Å². The van der Waals surface area contributed by atoms with Gasteiger partial charge >= 0.3 is 0 Å². The molecular formula is C9H18N4. The minimum absolute atomic E-state index is 0.188. The van der Waals surface area contributed by atoms with Crippen LogP contribution in [0.5, 0.6) is 0 Å². The minimum atomic E-state index is 0.188. The summed E-state index contributed by atoms with van der Waals surface area (Å²) in [6, 6.07) is 0.188. The normalized spacial score (nSPS) is 13.6.